The lowest BCUT2D eigenvalue weighted by atomic mass is 10.1. The van der Waals surface area contributed by atoms with Gasteiger partial charge in [-0.05, 0) is 22.6 Å². The summed E-state index contributed by atoms with van der Waals surface area (Å²) in [6.07, 6.45) is 0. The fourth-order valence-corrected chi connectivity index (χ4v) is 1.94. The number of aryl methyl sites for hydroxylation is 1. The number of ether oxygens (including phenoxy) is 2. The molecule has 0 amide bonds. The Morgan fingerprint density at radius 1 is 1.21 bits per heavy atom. The molecule has 0 aliphatic rings. The van der Waals surface area contributed by atoms with Crippen molar-refractivity contribution in [1.29, 1.82) is 0 Å². The van der Waals surface area contributed by atoms with E-state index in [-0.39, 0.29) is 0 Å². The van der Waals surface area contributed by atoms with Gasteiger partial charge in [0, 0.05) is 14.1 Å². The third kappa shape index (κ3) is 2.59. The molecule has 7 nitrogen and oxygen atoms in total. The van der Waals surface area contributed by atoms with Gasteiger partial charge >= 0.3 is 0 Å². The fraction of sp³-hybridized carbons (Fsp3) is 0.417. The summed E-state index contributed by atoms with van der Waals surface area (Å²) in [5.41, 5.74) is 0.956. The number of aromatic nitrogens is 4. The lowest BCUT2D eigenvalue weighted by Crippen LogP contribution is -2.21. The Balaban J connectivity index is 2.30. The molecule has 0 unspecified atom stereocenters. The van der Waals surface area contributed by atoms with Crippen LogP contribution in [0, 0.1) is 0 Å². The summed E-state index contributed by atoms with van der Waals surface area (Å²) < 4.78 is 12.4. The zero-order chi connectivity index (χ0) is 13.8. The van der Waals surface area contributed by atoms with E-state index in [1.54, 1.807) is 25.9 Å². The predicted octanol–water partition coefficient (Wildman–Crippen LogP) is 0.864. The summed E-state index contributed by atoms with van der Waals surface area (Å²) in [5, 5.41) is 11.4. The van der Waals surface area contributed by atoms with Crippen molar-refractivity contribution in [3.05, 3.63) is 23.8 Å². The minimum Gasteiger partial charge on any atom is -0.496 e. The van der Waals surface area contributed by atoms with Crippen molar-refractivity contribution in [2.45, 2.75) is 6.54 Å². The van der Waals surface area contributed by atoms with Crippen molar-refractivity contribution in [2.24, 2.45) is 7.05 Å². The Kier molecular flexibility index (Phi) is 3.84. The average molecular weight is 263 g/mol. The van der Waals surface area contributed by atoms with Gasteiger partial charge < -0.3 is 14.4 Å². The molecular weight excluding hydrogens is 246 g/mol. The summed E-state index contributed by atoms with van der Waals surface area (Å²) in [5.74, 6) is 2.23. The number of hydrogen-bond donors (Lipinski definition) is 0. The summed E-state index contributed by atoms with van der Waals surface area (Å²) >= 11 is 0. The molecule has 7 heteroatoms. The highest BCUT2D eigenvalue weighted by Crippen LogP contribution is 2.29. The molecule has 1 aromatic carbocycles. The van der Waals surface area contributed by atoms with Gasteiger partial charge in [0.1, 0.15) is 11.5 Å². The lowest BCUT2D eigenvalue weighted by Gasteiger charge is -2.20. The highest BCUT2D eigenvalue weighted by atomic mass is 16.5. The monoisotopic (exact) mass is 263 g/mol. The second kappa shape index (κ2) is 5.55. The molecule has 0 fully saturated rings. The molecule has 2 rings (SSSR count). The Morgan fingerprint density at radius 2 is 1.84 bits per heavy atom. The second-order valence-electron chi connectivity index (χ2n) is 4.10. The van der Waals surface area contributed by atoms with Crippen LogP contribution in [0.4, 0.5) is 5.95 Å². The Bertz CT molecular complexity index is 533. The van der Waals surface area contributed by atoms with Crippen LogP contribution in [0.25, 0.3) is 0 Å². The maximum atomic E-state index is 5.37. The molecule has 0 atom stereocenters. The third-order valence-electron chi connectivity index (χ3n) is 2.86. The normalized spacial score (nSPS) is 10.3. The van der Waals surface area contributed by atoms with Crippen LogP contribution in [0.1, 0.15) is 5.56 Å². The molecule has 0 saturated carbocycles. The van der Waals surface area contributed by atoms with E-state index in [9.17, 15) is 0 Å². The quantitative estimate of drug-likeness (QED) is 0.797. The maximum absolute atomic E-state index is 5.37. The van der Waals surface area contributed by atoms with Crippen LogP contribution >= 0.6 is 0 Å². The highest BCUT2D eigenvalue weighted by Gasteiger charge is 2.15. The van der Waals surface area contributed by atoms with E-state index in [0.29, 0.717) is 12.5 Å². The van der Waals surface area contributed by atoms with Crippen molar-refractivity contribution < 1.29 is 9.47 Å². The van der Waals surface area contributed by atoms with Gasteiger partial charge in [-0.15, -0.1) is 0 Å². The summed E-state index contributed by atoms with van der Waals surface area (Å²) in [6.45, 7) is 0.585. The van der Waals surface area contributed by atoms with Gasteiger partial charge in [0.2, 0.25) is 5.95 Å². The molecular formula is C12H17N5O2. The molecule has 0 N–H and O–H groups in total. The second-order valence-corrected chi connectivity index (χ2v) is 4.10. The van der Waals surface area contributed by atoms with Crippen LogP contribution in [-0.2, 0) is 13.6 Å². The van der Waals surface area contributed by atoms with Crippen molar-refractivity contribution >= 4 is 5.95 Å². The molecule has 1 aromatic heterocycles. The van der Waals surface area contributed by atoms with Gasteiger partial charge in [-0.2, -0.15) is 0 Å². The van der Waals surface area contributed by atoms with Gasteiger partial charge in [-0.25, -0.2) is 4.68 Å². The van der Waals surface area contributed by atoms with Crippen LogP contribution in [-0.4, -0.2) is 41.5 Å². The number of benzene rings is 1. The first-order chi connectivity index (χ1) is 9.17. The first-order valence-electron chi connectivity index (χ1n) is 5.80. The van der Waals surface area contributed by atoms with Crippen LogP contribution in [0.15, 0.2) is 18.2 Å². The van der Waals surface area contributed by atoms with Crippen LogP contribution in [0.3, 0.4) is 0 Å². The van der Waals surface area contributed by atoms with E-state index in [2.05, 4.69) is 15.5 Å². The van der Waals surface area contributed by atoms with E-state index in [1.807, 2.05) is 30.1 Å². The van der Waals surface area contributed by atoms with Crippen molar-refractivity contribution in [2.75, 3.05) is 26.2 Å². The Hall–Kier alpha value is -2.31. The number of rotatable bonds is 5. The topological polar surface area (TPSA) is 65.3 Å². The number of methoxy groups -OCH3 is 2. The molecule has 19 heavy (non-hydrogen) atoms. The highest BCUT2D eigenvalue weighted by molar-refractivity contribution is 5.47. The van der Waals surface area contributed by atoms with Crippen LogP contribution in [0.5, 0.6) is 11.5 Å². The van der Waals surface area contributed by atoms with Crippen molar-refractivity contribution in [3.63, 3.8) is 0 Å². The average Bonchev–Trinajstić information content (AvgIpc) is 2.85. The number of anilines is 1. The van der Waals surface area contributed by atoms with E-state index < -0.39 is 0 Å². The molecule has 0 bridgehead atoms. The zero-order valence-electron chi connectivity index (χ0n) is 11.5. The summed E-state index contributed by atoms with van der Waals surface area (Å²) in [4.78, 5) is 1.93. The molecule has 0 aliphatic carbocycles. The Labute approximate surface area is 111 Å². The fourth-order valence-electron chi connectivity index (χ4n) is 1.94. The molecule has 0 radical (unpaired) electrons. The third-order valence-corrected chi connectivity index (χ3v) is 2.86. The van der Waals surface area contributed by atoms with Crippen molar-refractivity contribution in [3.8, 4) is 11.5 Å². The van der Waals surface area contributed by atoms with E-state index in [0.717, 1.165) is 17.1 Å². The van der Waals surface area contributed by atoms with E-state index in [1.165, 1.54) is 0 Å². The molecule has 102 valence electrons. The molecule has 2 aromatic rings. The SMILES string of the molecule is COc1cccc(OC)c1CN(C)c1nnnn1C. The largest absolute Gasteiger partial charge is 0.496 e. The number of hydrogen-bond acceptors (Lipinski definition) is 6. The zero-order valence-corrected chi connectivity index (χ0v) is 11.5. The standard InChI is InChI=1S/C12H17N5O2/c1-16(12-13-14-15-17(12)2)8-9-10(18-3)6-5-7-11(9)19-4/h5-7H,8H2,1-4H3. The van der Waals surface area contributed by atoms with Crippen LogP contribution < -0.4 is 14.4 Å². The van der Waals surface area contributed by atoms with Gasteiger partial charge in [0.05, 0.1) is 26.3 Å². The van der Waals surface area contributed by atoms with Gasteiger partial charge in [-0.3, -0.25) is 0 Å². The van der Waals surface area contributed by atoms with Crippen LogP contribution in [0.2, 0.25) is 0 Å². The first-order valence-corrected chi connectivity index (χ1v) is 5.80. The summed E-state index contributed by atoms with van der Waals surface area (Å²) in [6, 6.07) is 5.70. The van der Waals surface area contributed by atoms with E-state index in [4.69, 9.17) is 9.47 Å². The summed E-state index contributed by atoms with van der Waals surface area (Å²) in [7, 11) is 6.99. The van der Waals surface area contributed by atoms with E-state index >= 15 is 0 Å². The Morgan fingerprint density at radius 3 is 2.32 bits per heavy atom. The minimum atomic E-state index is 0.585. The molecule has 0 aliphatic heterocycles. The first kappa shape index (κ1) is 13.1. The van der Waals surface area contributed by atoms with Gasteiger partial charge in [0.15, 0.2) is 0 Å². The van der Waals surface area contributed by atoms with Gasteiger partial charge in [0.25, 0.3) is 0 Å². The molecule has 1 heterocycles. The smallest absolute Gasteiger partial charge is 0.245 e. The molecule has 0 saturated heterocycles. The number of tetrazole rings is 1. The number of nitrogens with zero attached hydrogens (tertiary/aromatic N) is 5. The maximum Gasteiger partial charge on any atom is 0.245 e. The predicted molar refractivity (Wildman–Crippen MR) is 70.5 cm³/mol. The van der Waals surface area contributed by atoms with Crippen molar-refractivity contribution in [1.82, 2.24) is 20.2 Å². The lowest BCUT2D eigenvalue weighted by molar-refractivity contribution is 0.385. The minimum absolute atomic E-state index is 0.585. The van der Waals surface area contributed by atoms with Gasteiger partial charge in [-0.1, -0.05) is 11.2 Å². The molecule has 0 spiro atoms.